The molecule has 0 saturated heterocycles. The third-order valence-corrected chi connectivity index (χ3v) is 5.69. The number of amides is 2. The van der Waals surface area contributed by atoms with Gasteiger partial charge in [-0.05, 0) is 35.9 Å². The topological polar surface area (TPSA) is 102 Å². The van der Waals surface area contributed by atoms with Crippen molar-refractivity contribution >= 4 is 47.2 Å². The van der Waals surface area contributed by atoms with E-state index in [4.69, 9.17) is 23.1 Å². The third-order valence-electron chi connectivity index (χ3n) is 5.46. The molecule has 0 bridgehead atoms. The summed E-state index contributed by atoms with van der Waals surface area (Å²) in [4.78, 5) is 31.5. The summed E-state index contributed by atoms with van der Waals surface area (Å²) in [6.45, 7) is 0.285. The van der Waals surface area contributed by atoms with Crippen LogP contribution in [-0.2, 0) is 22.7 Å². The van der Waals surface area contributed by atoms with E-state index in [-0.39, 0.29) is 25.4 Å². The predicted molar refractivity (Wildman–Crippen MR) is 134 cm³/mol. The number of anilines is 1. The Labute approximate surface area is 207 Å². The first-order chi connectivity index (χ1) is 15.9. The van der Waals surface area contributed by atoms with Crippen LogP contribution in [0.25, 0.3) is 0 Å². The molecule has 4 N–H and O–H groups in total. The van der Waals surface area contributed by atoms with Gasteiger partial charge in [0.25, 0.3) is 5.91 Å². The first-order valence-electron chi connectivity index (χ1n) is 10.4. The second-order valence-corrected chi connectivity index (χ2v) is 8.18. The van der Waals surface area contributed by atoms with Crippen molar-refractivity contribution in [1.82, 2.24) is 0 Å². The fourth-order valence-electron chi connectivity index (χ4n) is 3.87. The molecular weight excluding hydrogens is 478 g/mol. The summed E-state index contributed by atoms with van der Waals surface area (Å²) in [7, 11) is 0. The fraction of sp³-hybridized carbons (Fsp3) is 0.160. The molecule has 3 aromatic rings. The second-order valence-electron chi connectivity index (χ2n) is 7.75. The molecule has 1 aliphatic rings. The molecule has 6 nitrogen and oxygen atoms in total. The highest BCUT2D eigenvalue weighted by Crippen LogP contribution is 2.33. The smallest absolute Gasteiger partial charge is 0.252 e. The normalized spacial score (nSPS) is 15.1. The van der Waals surface area contributed by atoms with Gasteiger partial charge in [0, 0.05) is 28.3 Å². The Morgan fingerprint density at radius 1 is 1.09 bits per heavy atom. The molecule has 34 heavy (non-hydrogen) atoms. The predicted octanol–water partition coefficient (Wildman–Crippen LogP) is 3.99. The number of fused-ring (bicyclic) bond motifs is 1. The van der Waals surface area contributed by atoms with E-state index in [0.717, 1.165) is 11.1 Å². The van der Waals surface area contributed by atoms with Crippen molar-refractivity contribution in [3.05, 3.63) is 99.8 Å². The lowest BCUT2D eigenvalue weighted by molar-refractivity contribution is -0.124. The van der Waals surface area contributed by atoms with E-state index in [0.29, 0.717) is 34.1 Å². The number of halogens is 3. The van der Waals surface area contributed by atoms with E-state index >= 15 is 0 Å². The van der Waals surface area contributed by atoms with Crippen LogP contribution in [-0.4, -0.2) is 23.6 Å². The van der Waals surface area contributed by atoms with Crippen molar-refractivity contribution in [1.29, 1.82) is 0 Å². The van der Waals surface area contributed by atoms with E-state index in [9.17, 15) is 14.0 Å². The summed E-state index contributed by atoms with van der Waals surface area (Å²) < 4.78 is 14.5. The molecule has 0 aromatic heterocycles. The number of carbonyl (C=O) groups excluding carboxylic acids is 2. The van der Waals surface area contributed by atoms with E-state index in [1.54, 1.807) is 36.4 Å². The van der Waals surface area contributed by atoms with Crippen LogP contribution in [0.1, 0.15) is 28.7 Å². The second kappa shape index (κ2) is 10.8. The molecule has 0 radical (unpaired) electrons. The van der Waals surface area contributed by atoms with Crippen molar-refractivity contribution in [3.63, 3.8) is 0 Å². The van der Waals surface area contributed by atoms with Crippen LogP contribution in [0, 0.1) is 5.82 Å². The standard InChI is InChI=1S/C25H22ClFN4O2.ClH/c26-18-8-9-22-19(11-18)24(16-6-3-4-15(10-16)13-28)30-21(12-23(29)32)25(33)31(22)14-17-5-1-2-7-20(17)27;/h1-11,21H,12-14,28H2,(H2,29,32);1H. The van der Waals surface area contributed by atoms with Crippen molar-refractivity contribution in [3.8, 4) is 0 Å². The van der Waals surface area contributed by atoms with E-state index < -0.39 is 23.7 Å². The van der Waals surface area contributed by atoms with Gasteiger partial charge in [0.2, 0.25) is 5.91 Å². The zero-order chi connectivity index (χ0) is 23.5. The number of nitrogens with two attached hydrogens (primary N) is 2. The summed E-state index contributed by atoms with van der Waals surface area (Å²) in [5.74, 6) is -1.55. The van der Waals surface area contributed by atoms with E-state index in [1.165, 1.54) is 11.0 Å². The highest BCUT2D eigenvalue weighted by atomic mass is 35.5. The number of aliphatic imine (C=N–C) groups is 1. The lowest BCUT2D eigenvalue weighted by Crippen LogP contribution is -2.39. The monoisotopic (exact) mass is 500 g/mol. The van der Waals surface area contributed by atoms with Crippen LogP contribution in [0.4, 0.5) is 10.1 Å². The van der Waals surface area contributed by atoms with Gasteiger partial charge >= 0.3 is 0 Å². The maximum Gasteiger partial charge on any atom is 0.252 e. The van der Waals surface area contributed by atoms with Crippen LogP contribution in [0.3, 0.4) is 0 Å². The summed E-state index contributed by atoms with van der Waals surface area (Å²) in [5.41, 5.74) is 14.8. The molecule has 9 heteroatoms. The molecule has 1 unspecified atom stereocenters. The largest absolute Gasteiger partial charge is 0.370 e. The molecule has 1 atom stereocenters. The first-order valence-corrected chi connectivity index (χ1v) is 10.8. The quantitative estimate of drug-likeness (QED) is 0.534. The third kappa shape index (κ3) is 5.28. The first kappa shape index (κ1) is 25.4. The number of primary amides is 1. The number of carbonyl (C=O) groups is 2. The lowest BCUT2D eigenvalue weighted by Gasteiger charge is -2.25. The van der Waals surface area contributed by atoms with Gasteiger partial charge in [-0.2, -0.15) is 0 Å². The molecule has 1 heterocycles. The Morgan fingerprint density at radius 2 is 1.85 bits per heavy atom. The van der Waals surface area contributed by atoms with Crippen molar-refractivity contribution in [2.24, 2.45) is 16.5 Å². The van der Waals surface area contributed by atoms with Gasteiger partial charge in [0.15, 0.2) is 0 Å². The zero-order valence-corrected chi connectivity index (χ0v) is 19.7. The molecule has 3 aromatic carbocycles. The molecule has 0 aliphatic carbocycles. The maximum atomic E-state index is 14.5. The lowest BCUT2D eigenvalue weighted by atomic mass is 9.98. The zero-order valence-electron chi connectivity index (χ0n) is 18.1. The minimum Gasteiger partial charge on any atom is -0.370 e. The van der Waals surface area contributed by atoms with Gasteiger partial charge in [-0.3, -0.25) is 14.6 Å². The van der Waals surface area contributed by atoms with Gasteiger partial charge in [-0.15, -0.1) is 12.4 Å². The summed E-state index contributed by atoms with van der Waals surface area (Å²) in [6.07, 6.45) is -0.283. The fourth-order valence-corrected chi connectivity index (χ4v) is 4.04. The Kier molecular flexibility index (Phi) is 8.04. The number of benzene rings is 3. The van der Waals surface area contributed by atoms with Crippen LogP contribution in [0.2, 0.25) is 5.02 Å². The van der Waals surface area contributed by atoms with Gasteiger partial charge in [0.05, 0.1) is 24.4 Å². The van der Waals surface area contributed by atoms with Gasteiger partial charge in [-0.1, -0.05) is 48.0 Å². The molecule has 0 spiro atoms. The Bertz CT molecular complexity index is 1270. The molecule has 4 rings (SSSR count). The number of hydrogen-bond acceptors (Lipinski definition) is 4. The van der Waals surface area contributed by atoms with Crippen molar-refractivity contribution in [2.75, 3.05) is 4.90 Å². The van der Waals surface area contributed by atoms with Gasteiger partial charge in [0.1, 0.15) is 11.9 Å². The Morgan fingerprint density at radius 3 is 2.56 bits per heavy atom. The molecule has 0 saturated carbocycles. The summed E-state index contributed by atoms with van der Waals surface area (Å²) in [5, 5.41) is 0.447. The molecule has 1 aliphatic heterocycles. The minimum atomic E-state index is -1.07. The highest BCUT2D eigenvalue weighted by Gasteiger charge is 2.33. The van der Waals surface area contributed by atoms with E-state index in [2.05, 4.69) is 4.99 Å². The molecule has 2 amide bonds. The molecule has 0 fully saturated rings. The van der Waals surface area contributed by atoms with Gasteiger partial charge < -0.3 is 16.4 Å². The number of rotatable bonds is 6. The highest BCUT2D eigenvalue weighted by molar-refractivity contribution is 6.32. The molecular formula is C25H23Cl2FN4O2. The molecule has 176 valence electrons. The van der Waals surface area contributed by atoms with E-state index in [1.807, 2.05) is 24.3 Å². The van der Waals surface area contributed by atoms with Crippen LogP contribution in [0.5, 0.6) is 0 Å². The average Bonchev–Trinajstić information content (AvgIpc) is 2.90. The maximum absolute atomic E-state index is 14.5. The van der Waals surface area contributed by atoms with Crippen LogP contribution >= 0.6 is 24.0 Å². The van der Waals surface area contributed by atoms with Gasteiger partial charge in [-0.25, -0.2) is 4.39 Å². The Balaban J connectivity index is 0.00000324. The van der Waals surface area contributed by atoms with Crippen LogP contribution in [0.15, 0.2) is 71.7 Å². The summed E-state index contributed by atoms with van der Waals surface area (Å²) in [6, 6.07) is 17.7. The number of hydrogen-bond donors (Lipinski definition) is 2. The SMILES string of the molecule is Cl.NCc1cccc(C2=NC(CC(N)=O)C(=O)N(Cc3ccccc3F)c3ccc(Cl)cc32)c1. The van der Waals surface area contributed by atoms with Crippen molar-refractivity contribution in [2.45, 2.75) is 25.6 Å². The summed E-state index contributed by atoms with van der Waals surface area (Å²) >= 11 is 6.32. The number of benzodiazepines with no additional fused rings is 1. The Hall–Kier alpha value is -3.26. The van der Waals surface area contributed by atoms with Crippen molar-refractivity contribution < 1.29 is 14.0 Å². The average molecular weight is 501 g/mol. The van der Waals surface area contributed by atoms with Crippen LogP contribution < -0.4 is 16.4 Å². The minimum absolute atomic E-state index is 0. The number of nitrogens with zero attached hydrogens (tertiary/aromatic N) is 2.